The first-order chi connectivity index (χ1) is 17.6. The first kappa shape index (κ1) is 24.0. The van der Waals surface area contributed by atoms with Crippen molar-refractivity contribution in [2.45, 2.75) is 30.1 Å². The summed E-state index contributed by atoms with van der Waals surface area (Å²) in [4.78, 5) is 14.8. The van der Waals surface area contributed by atoms with E-state index in [2.05, 4.69) is 95.9 Å². The number of nitrogens with zero attached hydrogens (tertiary/aromatic N) is 1. The van der Waals surface area contributed by atoms with E-state index < -0.39 is 11.4 Å². The van der Waals surface area contributed by atoms with Gasteiger partial charge in [0.2, 0.25) is 0 Å². The minimum absolute atomic E-state index is 0.300. The summed E-state index contributed by atoms with van der Waals surface area (Å²) < 4.78 is 0. The molecule has 1 fully saturated rings. The first-order valence-electron chi connectivity index (χ1n) is 12.8. The Morgan fingerprint density at radius 3 is 1.44 bits per heavy atom. The van der Waals surface area contributed by atoms with Crippen LogP contribution in [0.3, 0.4) is 0 Å². The summed E-state index contributed by atoms with van der Waals surface area (Å²) in [7, 11) is 0. The van der Waals surface area contributed by atoms with E-state index in [1.807, 2.05) is 30.3 Å². The predicted octanol–water partition coefficient (Wildman–Crippen LogP) is 5.19. The molecular formula is C33H32NO2-. The van der Waals surface area contributed by atoms with Crippen LogP contribution in [0.5, 0.6) is 0 Å². The molecule has 1 aliphatic rings. The molecule has 0 bridgehead atoms. The van der Waals surface area contributed by atoms with Gasteiger partial charge in [-0.05, 0) is 61.2 Å². The highest BCUT2D eigenvalue weighted by Gasteiger charge is 2.40. The lowest BCUT2D eigenvalue weighted by Gasteiger charge is -2.44. The first-order valence-corrected chi connectivity index (χ1v) is 12.8. The molecule has 36 heavy (non-hydrogen) atoms. The molecule has 0 aromatic heterocycles. The molecule has 0 spiro atoms. The zero-order valence-corrected chi connectivity index (χ0v) is 20.6. The minimum Gasteiger partial charge on any atom is -0.549 e. The predicted molar refractivity (Wildman–Crippen MR) is 143 cm³/mol. The number of likely N-dealkylation sites (tertiary alicyclic amines) is 1. The molecule has 0 amide bonds. The monoisotopic (exact) mass is 474 g/mol. The maximum Gasteiger partial charge on any atom is 0.0521 e. The zero-order chi connectivity index (χ0) is 24.8. The number of aliphatic carboxylic acids is 1. The largest absolute Gasteiger partial charge is 0.549 e. The molecular weight excluding hydrogens is 442 g/mol. The second-order valence-electron chi connectivity index (χ2n) is 9.83. The molecule has 4 aromatic carbocycles. The number of carboxylic acids is 1. The van der Waals surface area contributed by atoms with Crippen LogP contribution in [0.4, 0.5) is 0 Å². The summed E-state index contributed by atoms with van der Waals surface area (Å²) in [5, 5.41) is 12.3. The summed E-state index contributed by atoms with van der Waals surface area (Å²) in [6, 6.07) is 41.9. The maximum absolute atomic E-state index is 12.3. The normalized spacial score (nSPS) is 15.9. The van der Waals surface area contributed by atoms with Gasteiger partial charge in [0, 0.05) is 10.8 Å². The topological polar surface area (TPSA) is 43.4 Å². The Hall–Kier alpha value is -3.69. The van der Waals surface area contributed by atoms with Crippen LogP contribution in [-0.4, -0.2) is 30.5 Å². The van der Waals surface area contributed by atoms with Gasteiger partial charge in [-0.2, -0.15) is 0 Å². The summed E-state index contributed by atoms with van der Waals surface area (Å²) in [5.74, 6) is -0.958. The molecule has 0 radical (unpaired) electrons. The Morgan fingerprint density at radius 1 is 0.667 bits per heavy atom. The van der Waals surface area contributed by atoms with E-state index in [4.69, 9.17) is 0 Å². The quantitative estimate of drug-likeness (QED) is 0.330. The van der Waals surface area contributed by atoms with Crippen molar-refractivity contribution in [3.63, 3.8) is 0 Å². The Bertz CT molecular complexity index is 1150. The van der Waals surface area contributed by atoms with Crippen LogP contribution in [0.2, 0.25) is 0 Å². The highest BCUT2D eigenvalue weighted by molar-refractivity contribution is 5.79. The van der Waals surface area contributed by atoms with Gasteiger partial charge >= 0.3 is 0 Å². The molecule has 182 valence electrons. The van der Waals surface area contributed by atoms with E-state index in [9.17, 15) is 9.90 Å². The third kappa shape index (κ3) is 4.47. The standard InChI is InChI=1S/C33H33NO2/c35-31(36)32(27-13-5-1-6-14-27)21-24-34(25-22-32)26-23-33(28-15-7-2-8-16-28,29-17-9-3-10-18-29)30-19-11-4-12-20-30/h1-20H,21-26H2,(H,35,36)/p-1. The smallest absolute Gasteiger partial charge is 0.0521 e. The van der Waals surface area contributed by atoms with E-state index in [1.165, 1.54) is 16.7 Å². The van der Waals surface area contributed by atoms with Gasteiger partial charge in [0.05, 0.1) is 5.97 Å². The molecule has 0 N–H and O–H groups in total. The Balaban J connectivity index is 1.45. The van der Waals surface area contributed by atoms with Crippen molar-refractivity contribution in [1.29, 1.82) is 0 Å². The molecule has 0 saturated carbocycles. The minimum atomic E-state index is -0.958. The second-order valence-corrected chi connectivity index (χ2v) is 9.83. The van der Waals surface area contributed by atoms with Crippen LogP contribution >= 0.6 is 0 Å². The van der Waals surface area contributed by atoms with Crippen molar-refractivity contribution in [2.24, 2.45) is 0 Å². The number of hydrogen-bond donors (Lipinski definition) is 0. The van der Waals surface area contributed by atoms with Crippen LogP contribution in [0, 0.1) is 0 Å². The molecule has 1 aliphatic heterocycles. The number of hydrogen-bond acceptors (Lipinski definition) is 3. The number of benzene rings is 4. The summed E-state index contributed by atoms with van der Waals surface area (Å²) >= 11 is 0. The fraction of sp³-hybridized carbons (Fsp3) is 0.242. The molecule has 3 nitrogen and oxygen atoms in total. The Labute approximate surface area is 214 Å². The van der Waals surface area contributed by atoms with Gasteiger partial charge in [-0.3, -0.25) is 0 Å². The Kier molecular flexibility index (Phi) is 7.02. The molecule has 5 rings (SSSR count). The highest BCUT2D eigenvalue weighted by Crippen LogP contribution is 2.43. The lowest BCUT2D eigenvalue weighted by Crippen LogP contribution is -2.53. The third-order valence-corrected chi connectivity index (χ3v) is 8.03. The number of rotatable bonds is 8. The van der Waals surface area contributed by atoms with Crippen molar-refractivity contribution in [3.05, 3.63) is 144 Å². The fourth-order valence-corrected chi connectivity index (χ4v) is 5.95. The van der Waals surface area contributed by atoms with Crippen LogP contribution < -0.4 is 5.11 Å². The maximum atomic E-state index is 12.3. The average Bonchev–Trinajstić information content (AvgIpc) is 2.96. The Morgan fingerprint density at radius 2 is 1.06 bits per heavy atom. The third-order valence-electron chi connectivity index (χ3n) is 8.03. The van der Waals surface area contributed by atoms with E-state index in [-0.39, 0.29) is 5.41 Å². The van der Waals surface area contributed by atoms with Gasteiger partial charge in [-0.1, -0.05) is 121 Å². The number of carbonyl (C=O) groups is 1. The van der Waals surface area contributed by atoms with Crippen LogP contribution in [0.15, 0.2) is 121 Å². The van der Waals surface area contributed by atoms with Gasteiger partial charge in [-0.25, -0.2) is 0 Å². The molecule has 1 heterocycles. The van der Waals surface area contributed by atoms with Crippen LogP contribution in [0.25, 0.3) is 0 Å². The van der Waals surface area contributed by atoms with Gasteiger partial charge in [0.1, 0.15) is 0 Å². The molecule has 1 saturated heterocycles. The van der Waals surface area contributed by atoms with Crippen LogP contribution in [-0.2, 0) is 15.6 Å². The number of piperidine rings is 1. The lowest BCUT2D eigenvalue weighted by atomic mass is 9.67. The van der Waals surface area contributed by atoms with Crippen LogP contribution in [0.1, 0.15) is 41.5 Å². The number of carboxylic acid groups (broad SMARTS) is 1. The van der Waals surface area contributed by atoms with Crippen molar-refractivity contribution in [1.82, 2.24) is 4.90 Å². The highest BCUT2D eigenvalue weighted by atomic mass is 16.4. The number of carbonyl (C=O) groups excluding carboxylic acids is 1. The molecule has 4 aromatic rings. The van der Waals surface area contributed by atoms with Gasteiger partial charge in [-0.15, -0.1) is 0 Å². The molecule has 0 unspecified atom stereocenters. The van der Waals surface area contributed by atoms with E-state index in [1.54, 1.807) is 0 Å². The second kappa shape index (κ2) is 10.5. The summed E-state index contributed by atoms with van der Waals surface area (Å²) in [6.07, 6.45) is 2.03. The van der Waals surface area contributed by atoms with Crippen molar-refractivity contribution >= 4 is 5.97 Å². The molecule has 0 aliphatic carbocycles. The van der Waals surface area contributed by atoms with E-state index in [0.717, 1.165) is 31.6 Å². The summed E-state index contributed by atoms with van der Waals surface area (Å²) in [5.41, 5.74) is 3.46. The zero-order valence-electron chi connectivity index (χ0n) is 20.6. The van der Waals surface area contributed by atoms with Crippen molar-refractivity contribution < 1.29 is 9.90 Å². The van der Waals surface area contributed by atoms with Gasteiger partial charge in [0.25, 0.3) is 0 Å². The lowest BCUT2D eigenvalue weighted by molar-refractivity contribution is -0.315. The van der Waals surface area contributed by atoms with E-state index >= 15 is 0 Å². The fourth-order valence-electron chi connectivity index (χ4n) is 5.95. The van der Waals surface area contributed by atoms with E-state index in [0.29, 0.717) is 12.8 Å². The molecule has 3 heteroatoms. The van der Waals surface area contributed by atoms with Crippen molar-refractivity contribution in [3.8, 4) is 0 Å². The summed E-state index contributed by atoms with van der Waals surface area (Å²) in [6.45, 7) is 2.34. The van der Waals surface area contributed by atoms with Crippen molar-refractivity contribution in [2.75, 3.05) is 19.6 Å². The van der Waals surface area contributed by atoms with Gasteiger partial charge < -0.3 is 14.8 Å². The average molecular weight is 475 g/mol. The van der Waals surface area contributed by atoms with Gasteiger partial charge in [0.15, 0.2) is 0 Å². The molecule has 0 atom stereocenters. The SMILES string of the molecule is O=C([O-])C1(c2ccccc2)CCN(CCC(c2ccccc2)(c2ccccc2)c2ccccc2)CC1.